The van der Waals surface area contributed by atoms with Gasteiger partial charge in [0.05, 0.1) is 12.8 Å². The summed E-state index contributed by atoms with van der Waals surface area (Å²) in [6.45, 7) is 3.30. The molecular weight excluding hydrogens is 340 g/mol. The van der Waals surface area contributed by atoms with Crippen LogP contribution in [0, 0.1) is 11.6 Å². The van der Waals surface area contributed by atoms with E-state index in [2.05, 4.69) is 10.2 Å². The van der Waals surface area contributed by atoms with Crippen LogP contribution < -0.4 is 10.1 Å². The van der Waals surface area contributed by atoms with E-state index in [9.17, 15) is 13.6 Å². The quantitative estimate of drug-likeness (QED) is 0.909. The number of anilines is 1. The second-order valence-corrected chi connectivity index (χ2v) is 6.17. The van der Waals surface area contributed by atoms with Gasteiger partial charge in [-0.25, -0.2) is 13.6 Å². The van der Waals surface area contributed by atoms with Crippen LogP contribution in [0.25, 0.3) is 0 Å². The molecule has 1 heterocycles. The number of hydrogen-bond donors (Lipinski definition) is 1. The van der Waals surface area contributed by atoms with Crippen LogP contribution in [0.4, 0.5) is 19.3 Å². The summed E-state index contributed by atoms with van der Waals surface area (Å²) in [5, 5.41) is 2.50. The van der Waals surface area contributed by atoms with Crippen molar-refractivity contribution < 1.29 is 18.3 Å². The van der Waals surface area contributed by atoms with Gasteiger partial charge in [0.15, 0.2) is 0 Å². The van der Waals surface area contributed by atoms with Crippen molar-refractivity contribution in [1.82, 2.24) is 9.80 Å². The monoisotopic (exact) mass is 361 g/mol. The van der Waals surface area contributed by atoms with Crippen LogP contribution >= 0.6 is 0 Å². The van der Waals surface area contributed by atoms with Crippen LogP contribution in [0.2, 0.25) is 0 Å². The molecule has 0 saturated carbocycles. The van der Waals surface area contributed by atoms with E-state index >= 15 is 0 Å². The standard InChI is InChI=1S/C19H21F2N3O2/c1-26-16-4-2-3-14(11-16)13-23-7-9-24(10-8-23)19(25)22-18-6-5-15(20)12-17(18)21/h2-6,11-12H,7-10,13H2,1H3,(H,22,25). The van der Waals surface area contributed by atoms with E-state index < -0.39 is 11.6 Å². The lowest BCUT2D eigenvalue weighted by molar-refractivity contribution is 0.143. The van der Waals surface area contributed by atoms with Crippen LogP contribution in [-0.4, -0.2) is 49.1 Å². The van der Waals surface area contributed by atoms with E-state index in [1.807, 2.05) is 24.3 Å². The Labute approximate surface area is 151 Å². The van der Waals surface area contributed by atoms with Crippen LogP contribution in [0.5, 0.6) is 5.75 Å². The fraction of sp³-hybridized carbons (Fsp3) is 0.316. The number of piperazine rings is 1. The minimum Gasteiger partial charge on any atom is -0.497 e. The maximum atomic E-state index is 13.7. The number of methoxy groups -OCH3 is 1. The van der Waals surface area contributed by atoms with Gasteiger partial charge >= 0.3 is 6.03 Å². The van der Waals surface area contributed by atoms with Crippen molar-refractivity contribution >= 4 is 11.7 Å². The molecule has 2 amide bonds. The van der Waals surface area contributed by atoms with E-state index in [1.165, 1.54) is 6.07 Å². The average Bonchev–Trinajstić information content (AvgIpc) is 2.64. The second-order valence-electron chi connectivity index (χ2n) is 6.17. The van der Waals surface area contributed by atoms with Crippen molar-refractivity contribution in [3.63, 3.8) is 0 Å². The molecule has 1 aliphatic rings. The van der Waals surface area contributed by atoms with Crippen LogP contribution in [-0.2, 0) is 6.54 Å². The number of ether oxygens (including phenoxy) is 1. The molecule has 1 N–H and O–H groups in total. The predicted molar refractivity (Wildman–Crippen MR) is 95.2 cm³/mol. The van der Waals surface area contributed by atoms with Gasteiger partial charge in [-0.15, -0.1) is 0 Å². The Morgan fingerprint density at radius 1 is 1.12 bits per heavy atom. The topological polar surface area (TPSA) is 44.8 Å². The smallest absolute Gasteiger partial charge is 0.322 e. The molecule has 2 aromatic carbocycles. The Hall–Kier alpha value is -2.67. The Morgan fingerprint density at radius 2 is 1.88 bits per heavy atom. The predicted octanol–water partition coefficient (Wildman–Crippen LogP) is 3.32. The van der Waals surface area contributed by atoms with E-state index in [4.69, 9.17) is 4.74 Å². The molecule has 1 aliphatic heterocycles. The number of benzene rings is 2. The number of halogens is 2. The summed E-state index contributed by atoms with van der Waals surface area (Å²) in [5.74, 6) is -0.636. The highest BCUT2D eigenvalue weighted by Crippen LogP contribution is 2.17. The Kier molecular flexibility index (Phi) is 5.68. The molecule has 0 radical (unpaired) electrons. The van der Waals surface area contributed by atoms with Crippen molar-refractivity contribution in [2.75, 3.05) is 38.6 Å². The summed E-state index contributed by atoms with van der Waals surface area (Å²) in [4.78, 5) is 16.1. The highest BCUT2D eigenvalue weighted by Gasteiger charge is 2.22. The van der Waals surface area contributed by atoms with E-state index in [0.29, 0.717) is 13.1 Å². The molecule has 0 bridgehead atoms. The molecule has 2 aromatic rings. The van der Waals surface area contributed by atoms with Crippen molar-refractivity contribution in [3.8, 4) is 5.75 Å². The highest BCUT2D eigenvalue weighted by molar-refractivity contribution is 5.89. The zero-order valence-electron chi connectivity index (χ0n) is 14.5. The van der Waals surface area contributed by atoms with Crippen molar-refractivity contribution in [2.24, 2.45) is 0 Å². The van der Waals surface area contributed by atoms with E-state index in [1.54, 1.807) is 12.0 Å². The van der Waals surface area contributed by atoms with Gasteiger partial charge in [0.2, 0.25) is 0 Å². The first kappa shape index (κ1) is 18.1. The summed E-state index contributed by atoms with van der Waals surface area (Å²) in [7, 11) is 1.64. The fourth-order valence-electron chi connectivity index (χ4n) is 2.92. The van der Waals surface area contributed by atoms with E-state index in [0.717, 1.165) is 43.1 Å². The number of urea groups is 1. The lowest BCUT2D eigenvalue weighted by Gasteiger charge is -2.34. The third-order valence-electron chi connectivity index (χ3n) is 4.37. The summed E-state index contributed by atoms with van der Waals surface area (Å²) in [6, 6.07) is 10.6. The lowest BCUT2D eigenvalue weighted by atomic mass is 10.2. The first-order valence-corrected chi connectivity index (χ1v) is 8.41. The number of carbonyl (C=O) groups is 1. The molecule has 138 valence electrons. The maximum Gasteiger partial charge on any atom is 0.322 e. The zero-order chi connectivity index (χ0) is 18.5. The number of carbonyl (C=O) groups excluding carboxylic acids is 1. The molecule has 0 aromatic heterocycles. The second kappa shape index (κ2) is 8.14. The van der Waals surface area contributed by atoms with E-state index in [-0.39, 0.29) is 11.7 Å². The van der Waals surface area contributed by atoms with Crippen LogP contribution in [0.1, 0.15) is 5.56 Å². The molecule has 1 fully saturated rings. The number of nitrogens with one attached hydrogen (secondary N) is 1. The van der Waals surface area contributed by atoms with Crippen molar-refractivity contribution in [2.45, 2.75) is 6.54 Å². The largest absolute Gasteiger partial charge is 0.497 e. The average molecular weight is 361 g/mol. The number of rotatable bonds is 4. The molecule has 5 nitrogen and oxygen atoms in total. The van der Waals surface area contributed by atoms with Gasteiger partial charge in [-0.05, 0) is 29.8 Å². The molecule has 0 unspecified atom stereocenters. The van der Waals surface area contributed by atoms with Gasteiger partial charge in [0, 0.05) is 38.8 Å². The zero-order valence-corrected chi connectivity index (χ0v) is 14.5. The summed E-state index contributed by atoms with van der Waals surface area (Å²) >= 11 is 0. The Balaban J connectivity index is 1.52. The lowest BCUT2D eigenvalue weighted by Crippen LogP contribution is -2.49. The van der Waals surface area contributed by atoms with Crippen LogP contribution in [0.15, 0.2) is 42.5 Å². The minimum absolute atomic E-state index is 0.0183. The first-order valence-electron chi connectivity index (χ1n) is 8.41. The Bertz CT molecular complexity index is 777. The van der Waals surface area contributed by atoms with Gasteiger partial charge in [0.25, 0.3) is 0 Å². The summed E-state index contributed by atoms with van der Waals surface area (Å²) < 4.78 is 31.8. The molecule has 0 aliphatic carbocycles. The first-order chi connectivity index (χ1) is 12.5. The minimum atomic E-state index is -0.782. The molecule has 3 rings (SSSR count). The third-order valence-corrected chi connectivity index (χ3v) is 4.37. The molecule has 0 spiro atoms. The molecule has 0 atom stereocenters. The maximum absolute atomic E-state index is 13.7. The number of amides is 2. The Morgan fingerprint density at radius 3 is 2.58 bits per heavy atom. The highest BCUT2D eigenvalue weighted by atomic mass is 19.1. The third kappa shape index (κ3) is 4.49. The fourth-order valence-corrected chi connectivity index (χ4v) is 2.92. The SMILES string of the molecule is COc1cccc(CN2CCN(C(=O)Nc3ccc(F)cc3F)CC2)c1. The normalized spacial score (nSPS) is 15.0. The van der Waals surface area contributed by atoms with Gasteiger partial charge in [-0.1, -0.05) is 12.1 Å². The summed E-state index contributed by atoms with van der Waals surface area (Å²) in [5.41, 5.74) is 1.13. The van der Waals surface area contributed by atoms with Crippen molar-refractivity contribution in [1.29, 1.82) is 0 Å². The van der Waals surface area contributed by atoms with Crippen LogP contribution in [0.3, 0.4) is 0 Å². The van der Waals surface area contributed by atoms with Gasteiger partial charge < -0.3 is 15.0 Å². The number of hydrogen-bond acceptors (Lipinski definition) is 3. The van der Waals surface area contributed by atoms with Crippen molar-refractivity contribution in [3.05, 3.63) is 59.7 Å². The van der Waals surface area contributed by atoms with Gasteiger partial charge in [0.1, 0.15) is 17.4 Å². The van der Waals surface area contributed by atoms with Gasteiger partial charge in [-0.3, -0.25) is 4.90 Å². The molecule has 26 heavy (non-hydrogen) atoms. The molecular formula is C19H21F2N3O2. The summed E-state index contributed by atoms with van der Waals surface area (Å²) in [6.07, 6.45) is 0. The molecule has 1 saturated heterocycles. The number of nitrogens with zero attached hydrogens (tertiary/aromatic N) is 2. The molecule has 7 heteroatoms. The van der Waals surface area contributed by atoms with Gasteiger partial charge in [-0.2, -0.15) is 0 Å².